The standard InChI is InChI=1S/C24H19IN2O5/c25-18-9-13(4-7-19(18)32-12-14-2-1-3-17(8-14)24(30)31)11-26-27-22(28)20-15-5-6-16(10-15)21(20)23(27)29/h1-9,11,15-16,20-21H,10,12H2,(H,30,31)/t15-,16-,20-,21+/m0/s1. The SMILES string of the molecule is O=C(O)c1cccc(COc2ccc(C=NN3C(=O)[C@@H]4[C@H](C3=O)[C@H]3C=C[C@H]4C3)cc2I)c1. The summed E-state index contributed by atoms with van der Waals surface area (Å²) in [5, 5.41) is 14.3. The first kappa shape index (κ1) is 20.9. The number of benzene rings is 2. The Morgan fingerprint density at radius 1 is 1.12 bits per heavy atom. The first-order valence-corrected chi connectivity index (χ1v) is 11.3. The van der Waals surface area contributed by atoms with Crippen LogP contribution in [0.3, 0.4) is 0 Å². The zero-order valence-electron chi connectivity index (χ0n) is 16.8. The summed E-state index contributed by atoms with van der Waals surface area (Å²) in [6.45, 7) is 0.237. The lowest BCUT2D eigenvalue weighted by Gasteiger charge is -2.13. The van der Waals surface area contributed by atoms with Crippen molar-refractivity contribution < 1.29 is 24.2 Å². The van der Waals surface area contributed by atoms with Gasteiger partial charge in [0, 0.05) is 0 Å². The van der Waals surface area contributed by atoms with Gasteiger partial charge in [0.05, 0.1) is 27.2 Å². The third-order valence-electron chi connectivity index (χ3n) is 6.29. The van der Waals surface area contributed by atoms with E-state index in [2.05, 4.69) is 39.8 Å². The van der Waals surface area contributed by atoms with Crippen molar-refractivity contribution in [2.75, 3.05) is 0 Å². The molecule has 2 amide bonds. The van der Waals surface area contributed by atoms with Crippen molar-refractivity contribution in [1.29, 1.82) is 0 Å². The number of aromatic carboxylic acids is 1. The van der Waals surface area contributed by atoms with Crippen molar-refractivity contribution in [2.24, 2.45) is 28.8 Å². The third-order valence-corrected chi connectivity index (χ3v) is 7.14. The minimum atomic E-state index is -0.979. The average molecular weight is 542 g/mol. The average Bonchev–Trinajstić information content (AvgIpc) is 3.46. The van der Waals surface area contributed by atoms with Gasteiger partial charge in [-0.05, 0) is 82.3 Å². The number of ether oxygens (including phenoxy) is 1. The Labute approximate surface area is 197 Å². The van der Waals surface area contributed by atoms with Crippen LogP contribution in [0.15, 0.2) is 59.7 Å². The summed E-state index contributed by atoms with van der Waals surface area (Å²) in [6, 6.07) is 12.0. The van der Waals surface area contributed by atoms with E-state index in [9.17, 15) is 14.4 Å². The highest BCUT2D eigenvalue weighted by Crippen LogP contribution is 2.52. The summed E-state index contributed by atoms with van der Waals surface area (Å²) in [6.07, 6.45) is 6.53. The fourth-order valence-corrected chi connectivity index (χ4v) is 5.49. The lowest BCUT2D eigenvalue weighted by atomic mass is 9.85. The predicted molar refractivity (Wildman–Crippen MR) is 124 cm³/mol. The van der Waals surface area contributed by atoms with E-state index in [1.807, 2.05) is 12.1 Å². The van der Waals surface area contributed by atoms with E-state index in [1.54, 1.807) is 24.3 Å². The molecule has 0 spiro atoms. The molecular formula is C24H19IN2O5. The van der Waals surface area contributed by atoms with Gasteiger partial charge in [-0.3, -0.25) is 9.59 Å². The number of hydrogen-bond donors (Lipinski definition) is 1. The number of imide groups is 1. The molecule has 3 aliphatic rings. The molecule has 1 saturated carbocycles. The second-order valence-corrected chi connectivity index (χ2v) is 9.38. The second kappa shape index (κ2) is 8.16. The zero-order valence-corrected chi connectivity index (χ0v) is 19.0. The molecule has 8 heteroatoms. The number of hydrazone groups is 1. The third kappa shape index (κ3) is 3.62. The Kier molecular flexibility index (Phi) is 5.32. The highest BCUT2D eigenvalue weighted by atomic mass is 127. The quantitative estimate of drug-likeness (QED) is 0.260. The smallest absolute Gasteiger partial charge is 0.335 e. The summed E-state index contributed by atoms with van der Waals surface area (Å²) in [5.41, 5.74) is 1.71. The summed E-state index contributed by atoms with van der Waals surface area (Å²) in [4.78, 5) is 36.5. The van der Waals surface area contributed by atoms with Crippen molar-refractivity contribution in [2.45, 2.75) is 13.0 Å². The molecule has 1 heterocycles. The minimum Gasteiger partial charge on any atom is -0.488 e. The van der Waals surface area contributed by atoms with Crippen LogP contribution in [0.25, 0.3) is 0 Å². The first-order chi connectivity index (χ1) is 15.4. The number of carboxylic acid groups (broad SMARTS) is 1. The molecule has 1 N–H and O–H groups in total. The Balaban J connectivity index is 1.25. The molecule has 0 unspecified atom stereocenters. The van der Waals surface area contributed by atoms with Gasteiger partial charge >= 0.3 is 5.97 Å². The van der Waals surface area contributed by atoms with Crippen molar-refractivity contribution in [3.63, 3.8) is 0 Å². The van der Waals surface area contributed by atoms with Crippen LogP contribution in [0.4, 0.5) is 0 Å². The highest BCUT2D eigenvalue weighted by molar-refractivity contribution is 14.1. The maximum absolute atomic E-state index is 12.7. The number of allylic oxidation sites excluding steroid dienone is 2. The normalized spacial score (nSPS) is 25.7. The van der Waals surface area contributed by atoms with E-state index < -0.39 is 5.97 Å². The molecule has 2 bridgehead atoms. The molecule has 2 aromatic carbocycles. The van der Waals surface area contributed by atoms with Gasteiger partial charge in [-0.25, -0.2) is 4.79 Å². The number of nitrogens with zero attached hydrogens (tertiary/aromatic N) is 2. The Hall–Kier alpha value is -3.01. The number of hydrogen-bond acceptors (Lipinski definition) is 5. The lowest BCUT2D eigenvalue weighted by molar-refractivity contribution is -0.140. The molecule has 2 aromatic rings. The van der Waals surface area contributed by atoms with Crippen LogP contribution in [-0.4, -0.2) is 34.1 Å². The number of carbonyl (C=O) groups is 3. The molecule has 0 radical (unpaired) electrons. The highest BCUT2D eigenvalue weighted by Gasteiger charge is 2.59. The van der Waals surface area contributed by atoms with Gasteiger partial charge in [0.1, 0.15) is 12.4 Å². The molecule has 5 rings (SSSR count). The molecule has 1 saturated heterocycles. The second-order valence-electron chi connectivity index (χ2n) is 8.22. The van der Waals surface area contributed by atoms with Crippen molar-refractivity contribution in [3.8, 4) is 5.75 Å². The summed E-state index contributed by atoms with van der Waals surface area (Å²) >= 11 is 2.14. The molecule has 7 nitrogen and oxygen atoms in total. The fraction of sp³-hybridized carbons (Fsp3) is 0.250. The Morgan fingerprint density at radius 2 is 1.84 bits per heavy atom. The van der Waals surface area contributed by atoms with Crippen LogP contribution in [0.5, 0.6) is 5.75 Å². The molecule has 32 heavy (non-hydrogen) atoms. The van der Waals surface area contributed by atoms with Gasteiger partial charge in [0.15, 0.2) is 0 Å². The van der Waals surface area contributed by atoms with Crippen molar-refractivity contribution >= 4 is 46.6 Å². The van der Waals surface area contributed by atoms with Crippen LogP contribution < -0.4 is 4.74 Å². The minimum absolute atomic E-state index is 0.162. The molecular weight excluding hydrogens is 523 g/mol. The maximum atomic E-state index is 12.7. The monoisotopic (exact) mass is 542 g/mol. The van der Waals surface area contributed by atoms with Crippen molar-refractivity contribution in [1.82, 2.24) is 5.01 Å². The van der Waals surface area contributed by atoms with Gasteiger partial charge in [0.2, 0.25) is 0 Å². The van der Waals surface area contributed by atoms with Gasteiger partial charge in [-0.1, -0.05) is 24.3 Å². The number of rotatable bonds is 6. The van der Waals surface area contributed by atoms with E-state index >= 15 is 0 Å². The molecule has 2 fully saturated rings. The largest absolute Gasteiger partial charge is 0.488 e. The van der Waals surface area contributed by atoms with E-state index in [4.69, 9.17) is 9.84 Å². The van der Waals surface area contributed by atoms with Gasteiger partial charge in [-0.15, -0.1) is 0 Å². The number of carbonyl (C=O) groups excluding carboxylic acids is 2. The van der Waals surface area contributed by atoms with Gasteiger partial charge in [0.25, 0.3) is 11.8 Å². The fourth-order valence-electron chi connectivity index (χ4n) is 4.79. The van der Waals surface area contributed by atoms with Crippen LogP contribution in [-0.2, 0) is 16.2 Å². The summed E-state index contributed by atoms with van der Waals surface area (Å²) in [5.74, 6) is -0.930. The molecule has 2 aliphatic carbocycles. The van der Waals surface area contributed by atoms with Crippen LogP contribution >= 0.6 is 22.6 Å². The zero-order chi connectivity index (χ0) is 22.4. The van der Waals surface area contributed by atoms with Crippen LogP contribution in [0, 0.1) is 27.2 Å². The molecule has 0 aromatic heterocycles. The van der Waals surface area contributed by atoms with Crippen LogP contribution in [0.2, 0.25) is 0 Å². The summed E-state index contributed by atoms with van der Waals surface area (Å²) in [7, 11) is 0. The number of carboxylic acids is 1. The summed E-state index contributed by atoms with van der Waals surface area (Å²) < 4.78 is 6.67. The molecule has 4 atom stereocenters. The Morgan fingerprint density at radius 3 is 2.50 bits per heavy atom. The predicted octanol–water partition coefficient (Wildman–Crippen LogP) is 3.71. The first-order valence-electron chi connectivity index (χ1n) is 10.3. The van der Waals surface area contributed by atoms with Gasteiger partial charge in [-0.2, -0.15) is 10.1 Å². The number of fused-ring (bicyclic) bond motifs is 5. The van der Waals surface area contributed by atoms with Crippen molar-refractivity contribution in [3.05, 3.63) is 74.9 Å². The molecule has 162 valence electrons. The number of halogens is 1. The van der Waals surface area contributed by atoms with E-state index in [-0.39, 0.29) is 47.7 Å². The topological polar surface area (TPSA) is 96.3 Å². The maximum Gasteiger partial charge on any atom is 0.335 e. The number of amides is 2. The van der Waals surface area contributed by atoms with Gasteiger partial charge < -0.3 is 9.84 Å². The lowest BCUT2D eigenvalue weighted by Crippen LogP contribution is -2.28. The Bertz CT molecular complexity index is 1160. The molecule has 1 aliphatic heterocycles. The van der Waals surface area contributed by atoms with E-state index in [1.165, 1.54) is 12.3 Å². The van der Waals surface area contributed by atoms with Crippen LogP contribution in [0.1, 0.15) is 27.9 Å². The van der Waals surface area contributed by atoms with E-state index in [0.29, 0.717) is 5.75 Å². The van der Waals surface area contributed by atoms with E-state index in [0.717, 1.165) is 26.1 Å².